The van der Waals surface area contributed by atoms with Crippen LogP contribution in [0.15, 0.2) is 67.0 Å². The van der Waals surface area contributed by atoms with Crippen molar-refractivity contribution < 1.29 is 19.1 Å². The van der Waals surface area contributed by atoms with Crippen molar-refractivity contribution in [2.45, 2.75) is 6.92 Å². The number of amides is 2. The lowest BCUT2D eigenvalue weighted by atomic mass is 10.0. The molecule has 1 aliphatic rings. The second-order valence-corrected chi connectivity index (χ2v) is 6.35. The lowest BCUT2D eigenvalue weighted by Crippen LogP contribution is -2.29. The Labute approximate surface area is 180 Å². The van der Waals surface area contributed by atoms with Crippen LogP contribution in [0.3, 0.4) is 0 Å². The molecule has 1 aliphatic heterocycles. The minimum atomic E-state index is -0.395. The van der Waals surface area contributed by atoms with Crippen molar-refractivity contribution in [3.05, 3.63) is 78.1 Å². The van der Waals surface area contributed by atoms with Crippen molar-refractivity contribution in [3.63, 3.8) is 0 Å². The molecule has 6 nitrogen and oxygen atoms in total. The maximum atomic E-state index is 11.8. The predicted molar refractivity (Wildman–Crippen MR) is 118 cm³/mol. The number of imide groups is 1. The van der Waals surface area contributed by atoms with Gasteiger partial charge in [-0.2, -0.15) is 5.26 Å². The van der Waals surface area contributed by atoms with E-state index in [1.165, 1.54) is 18.4 Å². The lowest BCUT2D eigenvalue weighted by Gasteiger charge is -2.14. The topological polar surface area (TPSA) is 79.6 Å². The Morgan fingerprint density at radius 1 is 1.10 bits per heavy atom. The molecule has 1 heterocycles. The predicted octanol–water partition coefficient (Wildman–Crippen LogP) is 4.10. The number of nitriles is 1. The second-order valence-electron chi connectivity index (χ2n) is 6.35. The highest BCUT2D eigenvalue weighted by Gasteiger charge is 2.24. The van der Waals surface area contributed by atoms with Gasteiger partial charge in [-0.25, -0.2) is 4.90 Å². The molecule has 0 saturated carbocycles. The summed E-state index contributed by atoms with van der Waals surface area (Å²) in [4.78, 5) is 24.7. The van der Waals surface area contributed by atoms with E-state index >= 15 is 0 Å². The fourth-order valence-corrected chi connectivity index (χ4v) is 2.88. The average molecular weight is 410 g/mol. The van der Waals surface area contributed by atoms with Crippen LogP contribution in [0.1, 0.15) is 18.1 Å². The first kappa shape index (κ1) is 21.2. The molecule has 0 aromatic heterocycles. The van der Waals surface area contributed by atoms with E-state index in [-0.39, 0.29) is 6.61 Å². The van der Waals surface area contributed by atoms with Crippen molar-refractivity contribution in [1.29, 1.82) is 5.26 Å². The van der Waals surface area contributed by atoms with E-state index in [0.29, 0.717) is 28.3 Å². The highest BCUT2D eigenvalue weighted by molar-refractivity contribution is 6.28. The van der Waals surface area contributed by atoms with Crippen molar-refractivity contribution in [3.8, 4) is 29.9 Å². The molecule has 0 aliphatic carbocycles. The summed E-state index contributed by atoms with van der Waals surface area (Å²) in [6, 6.07) is 14.0. The van der Waals surface area contributed by atoms with Gasteiger partial charge in [0.15, 0.2) is 11.5 Å². The molecule has 152 valence electrons. The monoisotopic (exact) mass is 410 g/mol. The molecule has 0 radical (unpaired) electrons. The third-order valence-electron chi connectivity index (χ3n) is 4.29. The van der Waals surface area contributed by atoms with E-state index < -0.39 is 11.8 Å². The number of benzene rings is 2. The van der Waals surface area contributed by atoms with Gasteiger partial charge < -0.3 is 9.47 Å². The van der Waals surface area contributed by atoms with Gasteiger partial charge in [0, 0.05) is 12.2 Å². The first-order valence-corrected chi connectivity index (χ1v) is 9.34. The summed E-state index contributed by atoms with van der Waals surface area (Å²) in [5, 5.41) is 9.65. The molecule has 2 aromatic rings. The van der Waals surface area contributed by atoms with Crippen LogP contribution in [0.2, 0.25) is 0 Å². The molecule has 6 heteroatoms. The van der Waals surface area contributed by atoms with E-state index in [0.717, 1.165) is 10.5 Å². The molecule has 0 spiro atoms. The number of hydrogen-bond donors (Lipinski definition) is 0. The van der Waals surface area contributed by atoms with Crippen LogP contribution < -0.4 is 14.4 Å². The second kappa shape index (κ2) is 9.78. The first-order chi connectivity index (χ1) is 15.1. The van der Waals surface area contributed by atoms with Crippen LogP contribution >= 0.6 is 0 Å². The van der Waals surface area contributed by atoms with Crippen molar-refractivity contribution in [2.24, 2.45) is 0 Å². The zero-order chi connectivity index (χ0) is 22.2. The normalized spacial score (nSPS) is 13.4. The number of carbonyl (C=O) groups excluding carboxylic acids is 2. The summed E-state index contributed by atoms with van der Waals surface area (Å²) in [6.45, 7) is 1.91. The van der Waals surface area contributed by atoms with Crippen LogP contribution in [0.4, 0.5) is 5.69 Å². The van der Waals surface area contributed by atoms with Crippen LogP contribution in [-0.4, -0.2) is 18.4 Å². The van der Waals surface area contributed by atoms with Crippen LogP contribution in [-0.2, 0) is 9.59 Å². The standard InChI is InChI=1S/C25H18N2O4/c1-3-13-30-22-10-5-18(16-23(22)31-14-4-2)15-20(17-26)19-6-8-21(9-7-19)27-24(28)11-12-25(27)29/h2-3,5-13,15-16H,14H2,1H3/b13-3-,20-15+. The van der Waals surface area contributed by atoms with Gasteiger partial charge in [0.05, 0.1) is 23.6 Å². The first-order valence-electron chi connectivity index (χ1n) is 9.34. The summed E-state index contributed by atoms with van der Waals surface area (Å²) in [5.41, 5.74) is 2.19. The maximum absolute atomic E-state index is 11.8. The summed E-state index contributed by atoms with van der Waals surface area (Å²) in [6.07, 6.45) is 12.7. The highest BCUT2D eigenvalue weighted by Crippen LogP contribution is 2.31. The van der Waals surface area contributed by atoms with Crippen LogP contribution in [0.5, 0.6) is 11.5 Å². The smallest absolute Gasteiger partial charge is 0.258 e. The average Bonchev–Trinajstić information content (AvgIpc) is 3.13. The number of ether oxygens (including phenoxy) is 2. The van der Waals surface area contributed by atoms with Crippen LogP contribution in [0, 0.1) is 23.7 Å². The van der Waals surface area contributed by atoms with E-state index in [4.69, 9.17) is 15.9 Å². The zero-order valence-electron chi connectivity index (χ0n) is 16.7. The van der Waals surface area contributed by atoms with Gasteiger partial charge in [-0.3, -0.25) is 9.59 Å². The zero-order valence-corrected chi connectivity index (χ0v) is 16.7. The summed E-state index contributed by atoms with van der Waals surface area (Å²) < 4.78 is 11.1. The molecule has 0 unspecified atom stereocenters. The quantitative estimate of drug-likeness (QED) is 0.226. The van der Waals surface area contributed by atoms with Crippen molar-refractivity contribution in [2.75, 3.05) is 11.5 Å². The molecule has 2 amide bonds. The summed E-state index contributed by atoms with van der Waals surface area (Å²) in [5.74, 6) is 2.58. The number of carbonyl (C=O) groups is 2. The number of rotatable bonds is 7. The SMILES string of the molecule is C#CCOc1cc(/C=C(\C#N)c2ccc(N3C(=O)C=CC3=O)cc2)ccc1O/C=C\C. The largest absolute Gasteiger partial charge is 0.477 e. The molecular weight excluding hydrogens is 392 g/mol. The number of anilines is 1. The van der Waals surface area contributed by atoms with E-state index in [1.807, 2.05) is 6.92 Å². The Hall–Kier alpha value is -4.55. The van der Waals surface area contributed by atoms with Gasteiger partial charge >= 0.3 is 0 Å². The Morgan fingerprint density at radius 3 is 2.42 bits per heavy atom. The number of hydrogen-bond acceptors (Lipinski definition) is 5. The van der Waals surface area contributed by atoms with Gasteiger partial charge in [-0.15, -0.1) is 6.42 Å². The maximum Gasteiger partial charge on any atom is 0.258 e. The van der Waals surface area contributed by atoms with Crippen LogP contribution in [0.25, 0.3) is 11.6 Å². The fraction of sp³-hybridized carbons (Fsp3) is 0.0800. The van der Waals surface area contributed by atoms with E-state index in [9.17, 15) is 14.9 Å². The Balaban J connectivity index is 1.89. The molecule has 0 atom stereocenters. The van der Waals surface area contributed by atoms with E-state index in [1.54, 1.807) is 54.6 Å². The van der Waals surface area contributed by atoms with Crippen molar-refractivity contribution >= 4 is 29.2 Å². The molecule has 0 bridgehead atoms. The molecular formula is C25H18N2O4. The number of terminal acetylenes is 1. The molecule has 0 N–H and O–H groups in total. The lowest BCUT2D eigenvalue weighted by molar-refractivity contribution is -0.119. The van der Waals surface area contributed by atoms with Gasteiger partial charge in [-0.05, 0) is 48.4 Å². The van der Waals surface area contributed by atoms with Crippen molar-refractivity contribution in [1.82, 2.24) is 0 Å². The van der Waals surface area contributed by atoms with E-state index in [2.05, 4.69) is 12.0 Å². The highest BCUT2D eigenvalue weighted by atomic mass is 16.5. The molecule has 3 rings (SSSR count). The number of allylic oxidation sites excluding steroid dienone is 2. The number of nitrogens with zero attached hydrogens (tertiary/aromatic N) is 2. The Kier molecular flexibility index (Phi) is 6.67. The Morgan fingerprint density at radius 2 is 1.81 bits per heavy atom. The molecule has 0 fully saturated rings. The molecule has 31 heavy (non-hydrogen) atoms. The summed E-state index contributed by atoms with van der Waals surface area (Å²) >= 11 is 0. The molecule has 2 aromatic carbocycles. The minimum Gasteiger partial charge on any atom is -0.477 e. The fourth-order valence-electron chi connectivity index (χ4n) is 2.88. The van der Waals surface area contributed by atoms with Gasteiger partial charge in [0.25, 0.3) is 11.8 Å². The van der Waals surface area contributed by atoms with Gasteiger partial charge in [0.1, 0.15) is 6.61 Å². The molecule has 0 saturated heterocycles. The van der Waals surface area contributed by atoms with Gasteiger partial charge in [0.2, 0.25) is 0 Å². The third kappa shape index (κ3) is 4.90. The third-order valence-corrected chi connectivity index (χ3v) is 4.29. The Bertz CT molecular complexity index is 1160. The minimum absolute atomic E-state index is 0.0781. The van der Waals surface area contributed by atoms with Gasteiger partial charge in [-0.1, -0.05) is 30.2 Å². The summed E-state index contributed by atoms with van der Waals surface area (Å²) in [7, 11) is 0.